The van der Waals surface area contributed by atoms with Crippen LogP contribution < -0.4 is 5.19 Å². The minimum absolute atomic E-state index is 0.420. The Kier molecular flexibility index (Phi) is 13.1. The van der Waals surface area contributed by atoms with Gasteiger partial charge in [-0.05, 0) is 47.1 Å². The molecule has 0 amide bonds. The normalized spacial score (nSPS) is 12.4. The van der Waals surface area contributed by atoms with E-state index in [1.807, 2.05) is 65.8 Å². The molecule has 0 heterocycles. The summed E-state index contributed by atoms with van der Waals surface area (Å²) in [4.78, 5) is 0. The Morgan fingerprint density at radius 1 is 0.688 bits per heavy atom. The molecule has 0 unspecified atom stereocenters. The van der Waals surface area contributed by atoms with Crippen molar-refractivity contribution in [2.24, 2.45) is 0 Å². The summed E-state index contributed by atoms with van der Waals surface area (Å²) in [6, 6.07) is 7.94. The molecule has 1 aromatic carbocycles. The predicted molar refractivity (Wildman–Crippen MR) is 134 cm³/mol. The summed E-state index contributed by atoms with van der Waals surface area (Å²) >= 11 is 0. The Bertz CT molecular complexity index is 655. The standard InChI is InChI=1S/C23H39O6Si3/c1-9-24-31(25-10-2,26-11-3)19(7)23(21-17-15-16-18-22(21)30)20(8)32(27-12-4,28-13-5)29-14-6/h15-18,23H,7-14H2,1-6H3. The first-order valence-corrected chi connectivity index (χ1v) is 15.3. The van der Waals surface area contributed by atoms with Crippen molar-refractivity contribution in [2.75, 3.05) is 39.6 Å². The minimum Gasteiger partial charge on any atom is -0.370 e. The maximum absolute atomic E-state index is 6.19. The summed E-state index contributed by atoms with van der Waals surface area (Å²) < 4.78 is 37.1. The molecule has 0 spiro atoms. The lowest BCUT2D eigenvalue weighted by atomic mass is 9.98. The zero-order valence-electron chi connectivity index (χ0n) is 20.5. The van der Waals surface area contributed by atoms with Crippen LogP contribution in [-0.2, 0) is 26.6 Å². The number of benzene rings is 1. The van der Waals surface area contributed by atoms with Gasteiger partial charge in [0.05, 0.1) is 10.2 Å². The highest BCUT2D eigenvalue weighted by Crippen LogP contribution is 2.41. The molecule has 0 aliphatic heterocycles. The molecule has 32 heavy (non-hydrogen) atoms. The third kappa shape index (κ3) is 6.81. The van der Waals surface area contributed by atoms with Crippen molar-refractivity contribution in [3.05, 3.63) is 53.4 Å². The van der Waals surface area contributed by atoms with Gasteiger partial charge in [-0.15, -0.1) is 0 Å². The summed E-state index contributed by atoms with van der Waals surface area (Å²) in [7, 11) is -2.83. The molecule has 0 aliphatic rings. The van der Waals surface area contributed by atoms with Crippen LogP contribution >= 0.6 is 0 Å². The largest absolute Gasteiger partial charge is 0.533 e. The molecular weight excluding hydrogens is 457 g/mol. The topological polar surface area (TPSA) is 55.4 Å². The number of allylic oxidation sites excluding steroid dienone is 2. The molecule has 9 heteroatoms. The number of hydrogen-bond acceptors (Lipinski definition) is 6. The van der Waals surface area contributed by atoms with Crippen LogP contribution in [0.25, 0.3) is 0 Å². The SMILES string of the molecule is C=C(C(C(=C)[Si](OCC)(OCC)OCC)c1ccccc1[Si])[Si](OCC)(OCC)OCC. The van der Waals surface area contributed by atoms with Gasteiger partial charge in [-0.3, -0.25) is 0 Å². The highest BCUT2D eigenvalue weighted by Gasteiger charge is 2.54. The molecule has 0 atom stereocenters. The van der Waals surface area contributed by atoms with E-state index < -0.39 is 23.5 Å². The van der Waals surface area contributed by atoms with Gasteiger partial charge in [0, 0.05) is 56.0 Å². The molecule has 3 radical (unpaired) electrons. The van der Waals surface area contributed by atoms with Crippen LogP contribution in [0.2, 0.25) is 0 Å². The molecular formula is C23H39O6Si3. The average molecular weight is 496 g/mol. The van der Waals surface area contributed by atoms with Gasteiger partial charge in [0.1, 0.15) is 0 Å². The molecule has 0 saturated carbocycles. The van der Waals surface area contributed by atoms with E-state index in [4.69, 9.17) is 26.6 Å². The van der Waals surface area contributed by atoms with Crippen LogP contribution in [0.3, 0.4) is 0 Å². The highest BCUT2D eigenvalue weighted by atomic mass is 28.4. The van der Waals surface area contributed by atoms with Gasteiger partial charge in [0.2, 0.25) is 0 Å². The fraction of sp³-hybridized carbons (Fsp3) is 0.565. The van der Waals surface area contributed by atoms with E-state index in [9.17, 15) is 0 Å². The average Bonchev–Trinajstić information content (AvgIpc) is 2.76. The lowest BCUT2D eigenvalue weighted by Gasteiger charge is -2.39. The first-order valence-electron chi connectivity index (χ1n) is 11.3. The van der Waals surface area contributed by atoms with Crippen molar-refractivity contribution >= 4 is 33.0 Å². The minimum atomic E-state index is -3.30. The fourth-order valence-electron chi connectivity index (χ4n) is 3.63. The van der Waals surface area contributed by atoms with E-state index in [1.54, 1.807) is 0 Å². The van der Waals surface area contributed by atoms with Crippen molar-refractivity contribution in [2.45, 2.75) is 47.5 Å². The van der Waals surface area contributed by atoms with Crippen LogP contribution in [0.4, 0.5) is 0 Å². The van der Waals surface area contributed by atoms with Gasteiger partial charge in [-0.1, -0.05) is 42.6 Å². The second kappa shape index (κ2) is 14.4. The van der Waals surface area contributed by atoms with Crippen LogP contribution in [-0.4, -0.2) is 67.5 Å². The van der Waals surface area contributed by atoms with E-state index in [2.05, 4.69) is 23.4 Å². The van der Waals surface area contributed by atoms with E-state index in [-0.39, 0.29) is 0 Å². The first kappa shape index (κ1) is 29.1. The Hall–Kier alpha value is -0.889. The summed E-state index contributed by atoms with van der Waals surface area (Å²) in [6.07, 6.45) is 0. The van der Waals surface area contributed by atoms with Crippen molar-refractivity contribution in [3.63, 3.8) is 0 Å². The van der Waals surface area contributed by atoms with Crippen molar-refractivity contribution in [1.82, 2.24) is 0 Å². The van der Waals surface area contributed by atoms with Gasteiger partial charge in [0.25, 0.3) is 0 Å². The Morgan fingerprint density at radius 3 is 1.28 bits per heavy atom. The lowest BCUT2D eigenvalue weighted by Crippen LogP contribution is -2.54. The number of rotatable bonds is 17. The van der Waals surface area contributed by atoms with Crippen molar-refractivity contribution < 1.29 is 26.6 Å². The third-order valence-electron chi connectivity index (χ3n) is 4.76. The third-order valence-corrected chi connectivity index (χ3v) is 11.4. The molecule has 1 aromatic rings. The zero-order valence-corrected chi connectivity index (χ0v) is 23.5. The van der Waals surface area contributed by atoms with Crippen molar-refractivity contribution in [1.29, 1.82) is 0 Å². The summed E-state index contributed by atoms with van der Waals surface area (Å²) in [6.45, 7) is 23.1. The predicted octanol–water partition coefficient (Wildman–Crippen LogP) is 3.85. The molecule has 6 nitrogen and oxygen atoms in total. The monoisotopic (exact) mass is 495 g/mol. The van der Waals surface area contributed by atoms with Crippen molar-refractivity contribution in [3.8, 4) is 0 Å². The Balaban J connectivity index is 3.76. The Labute approximate surface area is 200 Å². The summed E-state index contributed by atoms with van der Waals surface area (Å²) in [5.74, 6) is -0.420. The summed E-state index contributed by atoms with van der Waals surface area (Å²) in [5.41, 5.74) is 0.950. The van der Waals surface area contributed by atoms with Gasteiger partial charge in [-0.2, -0.15) is 0 Å². The quantitative estimate of drug-likeness (QED) is 0.306. The second-order valence-corrected chi connectivity index (χ2v) is 12.6. The van der Waals surface area contributed by atoms with Gasteiger partial charge >= 0.3 is 17.6 Å². The fourth-order valence-corrected chi connectivity index (χ4v) is 9.36. The molecule has 0 N–H and O–H groups in total. The highest BCUT2D eigenvalue weighted by molar-refractivity contribution is 6.72. The zero-order chi connectivity index (χ0) is 24.2. The second-order valence-electron chi connectivity index (χ2n) is 6.78. The van der Waals surface area contributed by atoms with E-state index in [1.165, 1.54) is 0 Å². The Morgan fingerprint density at radius 2 is 1.00 bits per heavy atom. The van der Waals surface area contributed by atoms with E-state index in [0.29, 0.717) is 50.0 Å². The molecule has 0 saturated heterocycles. The van der Waals surface area contributed by atoms with Gasteiger partial charge < -0.3 is 26.6 Å². The lowest BCUT2D eigenvalue weighted by molar-refractivity contribution is 0.0758. The number of hydrogen-bond donors (Lipinski definition) is 0. The molecule has 0 aliphatic carbocycles. The maximum Gasteiger partial charge on any atom is 0.533 e. The molecule has 0 aromatic heterocycles. The van der Waals surface area contributed by atoms with E-state index in [0.717, 1.165) is 10.8 Å². The van der Waals surface area contributed by atoms with Crippen LogP contribution in [0.15, 0.2) is 47.8 Å². The van der Waals surface area contributed by atoms with Crippen LogP contribution in [0, 0.1) is 0 Å². The van der Waals surface area contributed by atoms with Crippen LogP contribution in [0.1, 0.15) is 53.0 Å². The smallest absolute Gasteiger partial charge is 0.370 e. The van der Waals surface area contributed by atoms with E-state index >= 15 is 0 Å². The summed E-state index contributed by atoms with van der Waals surface area (Å²) in [5, 5.41) is 2.28. The maximum atomic E-state index is 6.19. The molecule has 1 rings (SSSR count). The first-order chi connectivity index (χ1) is 15.3. The molecule has 0 bridgehead atoms. The van der Waals surface area contributed by atoms with Gasteiger partial charge in [0.15, 0.2) is 0 Å². The molecule has 0 fully saturated rings. The van der Waals surface area contributed by atoms with Gasteiger partial charge in [-0.25, -0.2) is 0 Å². The molecule has 179 valence electrons. The van der Waals surface area contributed by atoms with Crippen LogP contribution in [0.5, 0.6) is 0 Å².